The molecule has 0 radical (unpaired) electrons. The number of carbonyl (C=O) groups excluding carboxylic acids is 1. The van der Waals surface area contributed by atoms with Crippen molar-refractivity contribution in [1.82, 2.24) is 20.7 Å². The molecular weight excluding hydrogens is 504 g/mol. The predicted molar refractivity (Wildman–Crippen MR) is 156 cm³/mol. The zero-order chi connectivity index (χ0) is 28.2. The van der Waals surface area contributed by atoms with Gasteiger partial charge in [0.05, 0.1) is 11.1 Å². The number of rotatable bonds is 8. The molecule has 1 fully saturated rings. The Kier molecular flexibility index (Phi) is 8.19. The van der Waals surface area contributed by atoms with Crippen LogP contribution in [-0.2, 0) is 6.54 Å². The fourth-order valence-electron chi connectivity index (χ4n) is 5.13. The molecule has 1 amide bonds. The number of piperidine rings is 1. The first kappa shape index (κ1) is 27.4. The number of aryl methyl sites for hydroxylation is 1. The lowest BCUT2D eigenvalue weighted by molar-refractivity contribution is 0.0947. The van der Waals surface area contributed by atoms with Crippen molar-refractivity contribution in [2.24, 2.45) is 0 Å². The van der Waals surface area contributed by atoms with Gasteiger partial charge in [0.15, 0.2) is 11.5 Å². The van der Waals surface area contributed by atoms with E-state index in [0.717, 1.165) is 54.7 Å². The van der Waals surface area contributed by atoms with Gasteiger partial charge in [-0.3, -0.25) is 4.79 Å². The van der Waals surface area contributed by atoms with E-state index in [1.54, 1.807) is 6.07 Å². The van der Waals surface area contributed by atoms with E-state index in [2.05, 4.69) is 27.7 Å². The molecule has 1 saturated heterocycles. The summed E-state index contributed by atoms with van der Waals surface area (Å²) in [7, 11) is 2.16. The molecule has 4 N–H and O–H groups in total. The topological polar surface area (TPSA) is 111 Å². The minimum absolute atomic E-state index is 0.0587. The second kappa shape index (κ2) is 11.9. The van der Waals surface area contributed by atoms with Gasteiger partial charge in [-0.25, -0.2) is 0 Å². The average Bonchev–Trinajstić information content (AvgIpc) is 3.39. The van der Waals surface area contributed by atoms with Crippen LogP contribution in [0.15, 0.2) is 65.2 Å². The van der Waals surface area contributed by atoms with Crippen LogP contribution in [0.2, 0.25) is 0 Å². The van der Waals surface area contributed by atoms with Crippen LogP contribution < -0.4 is 10.6 Å². The van der Waals surface area contributed by atoms with Gasteiger partial charge in [0.2, 0.25) is 0 Å². The Morgan fingerprint density at radius 1 is 0.975 bits per heavy atom. The number of hydrogen-bond donors (Lipinski definition) is 4. The maximum atomic E-state index is 13.0. The molecule has 0 bridgehead atoms. The number of nitrogens with zero attached hydrogens (tertiary/aromatic N) is 2. The van der Waals surface area contributed by atoms with Gasteiger partial charge in [-0.15, -0.1) is 0 Å². The van der Waals surface area contributed by atoms with Gasteiger partial charge in [-0.05, 0) is 69.6 Å². The molecule has 0 unspecified atom stereocenters. The number of phenolic OH excluding ortho intramolecular Hbond substituents is 2. The van der Waals surface area contributed by atoms with Gasteiger partial charge in [0.1, 0.15) is 11.5 Å². The Labute approximate surface area is 234 Å². The van der Waals surface area contributed by atoms with Crippen LogP contribution in [0.3, 0.4) is 0 Å². The predicted octanol–water partition coefficient (Wildman–Crippen LogP) is 5.33. The van der Waals surface area contributed by atoms with Gasteiger partial charge in [-0.1, -0.05) is 59.3 Å². The fourth-order valence-corrected chi connectivity index (χ4v) is 5.13. The van der Waals surface area contributed by atoms with E-state index in [9.17, 15) is 15.0 Å². The smallest absolute Gasteiger partial charge is 0.274 e. The van der Waals surface area contributed by atoms with E-state index in [1.165, 1.54) is 6.07 Å². The van der Waals surface area contributed by atoms with Crippen molar-refractivity contribution in [1.29, 1.82) is 0 Å². The van der Waals surface area contributed by atoms with Crippen LogP contribution in [0, 0.1) is 6.92 Å². The lowest BCUT2D eigenvalue weighted by Crippen LogP contribution is -2.40. The number of phenols is 2. The monoisotopic (exact) mass is 540 g/mol. The van der Waals surface area contributed by atoms with Crippen LogP contribution in [0.5, 0.6) is 11.5 Å². The molecule has 1 aromatic heterocycles. The van der Waals surface area contributed by atoms with Gasteiger partial charge in [0, 0.05) is 30.8 Å². The van der Waals surface area contributed by atoms with Crippen LogP contribution in [0.1, 0.15) is 41.4 Å². The van der Waals surface area contributed by atoms with Crippen molar-refractivity contribution < 1.29 is 19.5 Å². The number of benzene rings is 3. The summed E-state index contributed by atoms with van der Waals surface area (Å²) in [5, 5.41) is 32.1. The summed E-state index contributed by atoms with van der Waals surface area (Å²) in [6.45, 7) is 7.23. The van der Waals surface area contributed by atoms with Crippen LogP contribution in [0.4, 0.5) is 0 Å². The van der Waals surface area contributed by atoms with Gasteiger partial charge < -0.3 is 30.3 Å². The Morgan fingerprint density at radius 2 is 1.62 bits per heavy atom. The van der Waals surface area contributed by atoms with Crippen molar-refractivity contribution >= 4 is 5.91 Å². The molecule has 3 aromatic carbocycles. The van der Waals surface area contributed by atoms with Gasteiger partial charge >= 0.3 is 0 Å². The molecule has 0 saturated carbocycles. The summed E-state index contributed by atoms with van der Waals surface area (Å²) >= 11 is 0. The number of carbonyl (C=O) groups is 1. The number of hydrogen-bond acceptors (Lipinski definition) is 7. The fraction of sp³-hybridized carbons (Fsp3) is 0.312. The summed E-state index contributed by atoms with van der Waals surface area (Å²) < 4.78 is 5.73. The van der Waals surface area contributed by atoms with E-state index >= 15 is 0 Å². The third-order valence-corrected chi connectivity index (χ3v) is 7.52. The van der Waals surface area contributed by atoms with Crippen molar-refractivity contribution in [2.45, 2.75) is 39.3 Å². The Bertz CT molecular complexity index is 1470. The number of nitrogens with one attached hydrogen (secondary N) is 2. The first-order valence-electron chi connectivity index (χ1n) is 13.8. The highest BCUT2D eigenvalue weighted by atomic mass is 16.5. The molecule has 208 valence electrons. The number of aromatic hydroxyl groups is 2. The van der Waals surface area contributed by atoms with Crippen LogP contribution in [-0.4, -0.2) is 58.9 Å². The van der Waals surface area contributed by atoms with E-state index in [1.807, 2.05) is 62.4 Å². The summed E-state index contributed by atoms with van der Waals surface area (Å²) in [5.74, 6) is -0.342. The molecule has 2 heterocycles. The maximum Gasteiger partial charge on any atom is 0.274 e. The molecule has 5 rings (SSSR count). The van der Waals surface area contributed by atoms with Crippen LogP contribution >= 0.6 is 0 Å². The third kappa shape index (κ3) is 5.88. The zero-order valence-corrected chi connectivity index (χ0v) is 23.2. The van der Waals surface area contributed by atoms with Crippen molar-refractivity contribution in [2.75, 3.05) is 26.7 Å². The summed E-state index contributed by atoms with van der Waals surface area (Å²) in [6.07, 6.45) is 2.27. The zero-order valence-electron chi connectivity index (χ0n) is 23.2. The van der Waals surface area contributed by atoms with Crippen molar-refractivity contribution in [3.8, 4) is 45.1 Å². The summed E-state index contributed by atoms with van der Waals surface area (Å²) in [6, 6.07) is 19.1. The largest absolute Gasteiger partial charge is 0.507 e. The number of amides is 1. The first-order valence-corrected chi connectivity index (χ1v) is 13.8. The van der Waals surface area contributed by atoms with Crippen LogP contribution in [0.25, 0.3) is 33.6 Å². The molecule has 8 nitrogen and oxygen atoms in total. The Balaban J connectivity index is 1.50. The highest BCUT2D eigenvalue weighted by molar-refractivity contribution is 6.03. The van der Waals surface area contributed by atoms with E-state index in [-0.39, 0.29) is 28.9 Å². The molecule has 1 aliphatic rings. The lowest BCUT2D eigenvalue weighted by atomic mass is 9.94. The molecule has 4 aromatic rings. The number of likely N-dealkylation sites (tertiary alicyclic amines) is 1. The van der Waals surface area contributed by atoms with Gasteiger partial charge in [-0.2, -0.15) is 0 Å². The van der Waals surface area contributed by atoms with E-state index < -0.39 is 0 Å². The van der Waals surface area contributed by atoms with E-state index in [0.29, 0.717) is 29.3 Å². The third-order valence-electron chi connectivity index (χ3n) is 7.52. The molecule has 1 aliphatic heterocycles. The SMILES string of the molecule is CCNC(=O)c1noc(-c2cc(-c3ccc(C)cc3)c(O)cc2O)c1-c1ccc(CNC2CCN(C)CC2)cc1. The minimum Gasteiger partial charge on any atom is -0.507 e. The van der Waals surface area contributed by atoms with Crippen molar-refractivity contribution in [3.05, 3.63) is 77.5 Å². The second-order valence-electron chi connectivity index (χ2n) is 10.5. The lowest BCUT2D eigenvalue weighted by Gasteiger charge is -2.29. The summed E-state index contributed by atoms with van der Waals surface area (Å²) in [4.78, 5) is 15.3. The Morgan fingerprint density at radius 3 is 2.30 bits per heavy atom. The van der Waals surface area contributed by atoms with Crippen molar-refractivity contribution in [3.63, 3.8) is 0 Å². The second-order valence-corrected chi connectivity index (χ2v) is 10.5. The standard InChI is InChI=1S/C32H36N4O4/c1-4-33-32(39)30-29(23-11-7-21(8-12-23)19-34-24-13-15-36(3)16-14-24)31(40-35-30)26-17-25(27(37)18-28(26)38)22-9-5-20(2)6-10-22/h5-12,17-18,24,34,37-38H,4,13-16,19H2,1-3H3,(H,33,39). The molecule has 0 spiro atoms. The van der Waals surface area contributed by atoms with E-state index in [4.69, 9.17) is 4.52 Å². The normalized spacial score (nSPS) is 14.4. The Hall–Kier alpha value is -4.14. The first-order chi connectivity index (χ1) is 19.3. The van der Waals surface area contributed by atoms with Gasteiger partial charge in [0.25, 0.3) is 5.91 Å². The maximum absolute atomic E-state index is 13.0. The highest BCUT2D eigenvalue weighted by Gasteiger charge is 2.27. The summed E-state index contributed by atoms with van der Waals surface area (Å²) in [5.41, 5.74) is 5.24. The minimum atomic E-state index is -0.363. The molecule has 8 heteroatoms. The highest BCUT2D eigenvalue weighted by Crippen LogP contribution is 2.44. The number of aromatic nitrogens is 1. The molecular formula is C32H36N4O4. The average molecular weight is 541 g/mol. The quantitative estimate of drug-likeness (QED) is 0.239. The molecule has 40 heavy (non-hydrogen) atoms. The molecule has 0 atom stereocenters. The molecule has 0 aliphatic carbocycles.